The van der Waals surface area contributed by atoms with E-state index in [2.05, 4.69) is 26.1 Å². The quantitative estimate of drug-likeness (QED) is 0.630. The minimum atomic E-state index is -0.240. The average molecular weight is 404 g/mol. The number of hydrogen-bond donors (Lipinski definition) is 4. The number of rotatable bonds is 4. The summed E-state index contributed by atoms with van der Waals surface area (Å²) in [7, 11) is 0. The second kappa shape index (κ2) is 9.21. The summed E-state index contributed by atoms with van der Waals surface area (Å²) in [6.07, 6.45) is 6.59. The molecule has 2 heterocycles. The Morgan fingerprint density at radius 2 is 1.79 bits per heavy atom. The Labute approximate surface area is 170 Å². The van der Waals surface area contributed by atoms with E-state index in [0.717, 1.165) is 37.1 Å². The van der Waals surface area contributed by atoms with Gasteiger partial charge in [-0.3, -0.25) is 14.7 Å². The Balaban J connectivity index is 0.00000225. The maximum Gasteiger partial charge on any atom is 0.276 e. The first-order valence-corrected chi connectivity index (χ1v) is 9.70. The Bertz CT molecular complexity index is 828. The van der Waals surface area contributed by atoms with Crippen molar-refractivity contribution in [2.24, 2.45) is 0 Å². The molecule has 8 heteroatoms. The van der Waals surface area contributed by atoms with Crippen LogP contribution in [-0.4, -0.2) is 34.6 Å². The average Bonchev–Trinajstić information content (AvgIpc) is 3.13. The first kappa shape index (κ1) is 20.4. The highest BCUT2D eigenvalue weighted by Gasteiger charge is 2.22. The minimum absolute atomic E-state index is 0. The number of hydrogen-bond acceptors (Lipinski definition) is 4. The number of fused-ring (bicyclic) bond motifs is 1. The number of nitrogens with one attached hydrogen (secondary N) is 4. The molecular weight excluding hydrogens is 378 g/mol. The zero-order valence-electron chi connectivity index (χ0n) is 15.7. The molecule has 1 aromatic heterocycles. The molecule has 0 bridgehead atoms. The van der Waals surface area contributed by atoms with Crippen molar-refractivity contribution in [1.82, 2.24) is 20.8 Å². The molecule has 1 aliphatic heterocycles. The summed E-state index contributed by atoms with van der Waals surface area (Å²) in [5, 5.41) is 16.3. The molecule has 4 rings (SSSR count). The highest BCUT2D eigenvalue weighted by molar-refractivity contribution is 6.04. The maximum absolute atomic E-state index is 12.5. The second-order valence-electron chi connectivity index (χ2n) is 7.30. The molecule has 2 aliphatic rings. The van der Waals surface area contributed by atoms with Gasteiger partial charge in [-0.2, -0.15) is 5.10 Å². The number of aromatic amines is 1. The Morgan fingerprint density at radius 3 is 2.54 bits per heavy atom. The topological polar surface area (TPSA) is 98.9 Å². The van der Waals surface area contributed by atoms with Gasteiger partial charge in [0.25, 0.3) is 11.8 Å². The van der Waals surface area contributed by atoms with Crippen molar-refractivity contribution in [3.8, 4) is 0 Å². The van der Waals surface area contributed by atoms with Crippen molar-refractivity contribution in [2.45, 2.75) is 51.1 Å². The molecule has 150 valence electrons. The maximum atomic E-state index is 12.5. The molecule has 0 atom stereocenters. The van der Waals surface area contributed by atoms with Crippen LogP contribution in [0.15, 0.2) is 24.3 Å². The smallest absolute Gasteiger partial charge is 0.276 e. The lowest BCUT2D eigenvalue weighted by Gasteiger charge is -2.22. The van der Waals surface area contributed by atoms with Gasteiger partial charge in [0, 0.05) is 48.1 Å². The number of nitrogens with zero attached hydrogens (tertiary/aromatic N) is 1. The third-order valence-electron chi connectivity index (χ3n) is 5.37. The highest BCUT2D eigenvalue weighted by atomic mass is 35.5. The number of carbonyl (C=O) groups is 2. The van der Waals surface area contributed by atoms with Crippen molar-refractivity contribution < 1.29 is 9.59 Å². The van der Waals surface area contributed by atoms with Crippen LogP contribution in [0.4, 0.5) is 5.69 Å². The van der Waals surface area contributed by atoms with Crippen LogP contribution in [0, 0.1) is 0 Å². The van der Waals surface area contributed by atoms with Gasteiger partial charge >= 0.3 is 0 Å². The van der Waals surface area contributed by atoms with Crippen molar-refractivity contribution >= 4 is 29.9 Å². The van der Waals surface area contributed by atoms with E-state index in [1.165, 1.54) is 19.3 Å². The van der Waals surface area contributed by atoms with E-state index in [9.17, 15) is 9.59 Å². The molecule has 1 aromatic carbocycles. The molecule has 28 heavy (non-hydrogen) atoms. The number of H-pyrrole nitrogens is 1. The summed E-state index contributed by atoms with van der Waals surface area (Å²) >= 11 is 0. The fraction of sp³-hybridized carbons (Fsp3) is 0.450. The molecule has 1 aliphatic carbocycles. The molecule has 1 saturated carbocycles. The summed E-state index contributed by atoms with van der Waals surface area (Å²) in [4.78, 5) is 24.9. The van der Waals surface area contributed by atoms with E-state index in [-0.39, 0.29) is 30.3 Å². The summed E-state index contributed by atoms with van der Waals surface area (Å²) in [5.41, 5.74) is 3.64. The van der Waals surface area contributed by atoms with E-state index >= 15 is 0 Å². The summed E-state index contributed by atoms with van der Waals surface area (Å²) < 4.78 is 0. The van der Waals surface area contributed by atoms with Crippen LogP contribution < -0.4 is 16.0 Å². The fourth-order valence-electron chi connectivity index (χ4n) is 3.82. The fourth-order valence-corrected chi connectivity index (χ4v) is 3.82. The molecule has 0 radical (unpaired) electrons. The van der Waals surface area contributed by atoms with Gasteiger partial charge in [0.15, 0.2) is 5.69 Å². The van der Waals surface area contributed by atoms with Crippen molar-refractivity contribution in [2.75, 3.05) is 11.9 Å². The van der Waals surface area contributed by atoms with Gasteiger partial charge in [-0.15, -0.1) is 12.4 Å². The van der Waals surface area contributed by atoms with E-state index in [0.29, 0.717) is 23.5 Å². The zero-order valence-corrected chi connectivity index (χ0v) is 16.5. The van der Waals surface area contributed by atoms with Crippen LogP contribution >= 0.6 is 12.4 Å². The van der Waals surface area contributed by atoms with Gasteiger partial charge in [0.05, 0.1) is 0 Å². The van der Waals surface area contributed by atoms with Crippen LogP contribution in [0.25, 0.3) is 0 Å². The van der Waals surface area contributed by atoms with E-state index in [1.54, 1.807) is 24.3 Å². The number of aromatic nitrogens is 2. The largest absolute Gasteiger partial charge is 0.349 e. The van der Waals surface area contributed by atoms with Crippen LogP contribution in [0.3, 0.4) is 0 Å². The van der Waals surface area contributed by atoms with Crippen LogP contribution in [0.1, 0.15) is 64.2 Å². The SMILES string of the molecule is Cl.O=C(NC1CCCCC1)c1ccc(NC(=O)c2n[nH]c3c2CNCC3)cc1. The Kier molecular flexibility index (Phi) is 6.70. The number of anilines is 1. The first-order valence-electron chi connectivity index (χ1n) is 9.70. The number of benzene rings is 1. The predicted molar refractivity (Wildman–Crippen MR) is 110 cm³/mol. The third kappa shape index (κ3) is 4.54. The van der Waals surface area contributed by atoms with Crippen LogP contribution in [0.5, 0.6) is 0 Å². The Hall–Kier alpha value is -2.38. The molecule has 0 unspecified atom stereocenters. The van der Waals surface area contributed by atoms with Gasteiger partial charge in [0.1, 0.15) is 0 Å². The van der Waals surface area contributed by atoms with Gasteiger partial charge < -0.3 is 16.0 Å². The zero-order chi connectivity index (χ0) is 18.6. The Morgan fingerprint density at radius 1 is 1.04 bits per heavy atom. The van der Waals surface area contributed by atoms with E-state index in [1.807, 2.05) is 0 Å². The molecular formula is C20H26ClN5O2. The summed E-state index contributed by atoms with van der Waals surface area (Å²) in [6.45, 7) is 1.54. The molecule has 2 amide bonds. The first-order chi connectivity index (χ1) is 13.2. The molecule has 2 aromatic rings. The van der Waals surface area contributed by atoms with Gasteiger partial charge in [-0.05, 0) is 37.1 Å². The molecule has 0 spiro atoms. The standard InChI is InChI=1S/C20H25N5O2.ClH/c26-19(22-14-4-2-1-3-5-14)13-6-8-15(9-7-13)23-20(27)18-16-12-21-11-10-17(16)24-25-18;/h6-9,14,21H,1-5,10-12H2,(H,22,26)(H,23,27)(H,24,25);1H. The summed E-state index contributed by atoms with van der Waals surface area (Å²) in [6, 6.07) is 7.28. The lowest BCUT2D eigenvalue weighted by atomic mass is 9.95. The van der Waals surface area contributed by atoms with Crippen molar-refractivity contribution in [3.05, 3.63) is 46.8 Å². The molecule has 7 nitrogen and oxygen atoms in total. The van der Waals surface area contributed by atoms with Crippen LogP contribution in [-0.2, 0) is 13.0 Å². The summed E-state index contributed by atoms with van der Waals surface area (Å²) in [5.74, 6) is -0.289. The molecule has 0 saturated heterocycles. The monoisotopic (exact) mass is 403 g/mol. The second-order valence-corrected chi connectivity index (χ2v) is 7.30. The molecule has 4 N–H and O–H groups in total. The van der Waals surface area contributed by atoms with Crippen LogP contribution in [0.2, 0.25) is 0 Å². The van der Waals surface area contributed by atoms with Crippen molar-refractivity contribution in [1.29, 1.82) is 0 Å². The van der Waals surface area contributed by atoms with Gasteiger partial charge in [-0.25, -0.2) is 0 Å². The van der Waals surface area contributed by atoms with E-state index < -0.39 is 0 Å². The van der Waals surface area contributed by atoms with Gasteiger partial charge in [-0.1, -0.05) is 19.3 Å². The number of amides is 2. The van der Waals surface area contributed by atoms with Gasteiger partial charge in [0.2, 0.25) is 0 Å². The predicted octanol–water partition coefficient (Wildman–Crippen LogP) is 2.79. The van der Waals surface area contributed by atoms with E-state index in [4.69, 9.17) is 0 Å². The number of halogens is 1. The highest BCUT2D eigenvalue weighted by Crippen LogP contribution is 2.19. The normalized spacial score (nSPS) is 16.6. The lowest BCUT2D eigenvalue weighted by Crippen LogP contribution is -2.36. The lowest BCUT2D eigenvalue weighted by molar-refractivity contribution is 0.0927. The molecule has 1 fully saturated rings. The minimum Gasteiger partial charge on any atom is -0.349 e. The number of carbonyl (C=O) groups excluding carboxylic acids is 2. The van der Waals surface area contributed by atoms with Crippen molar-refractivity contribution in [3.63, 3.8) is 0 Å². The third-order valence-corrected chi connectivity index (χ3v) is 5.37.